The molecule has 7 nitrogen and oxygen atoms in total. The number of benzene rings is 1. The summed E-state index contributed by atoms with van der Waals surface area (Å²) >= 11 is 0. The van der Waals surface area contributed by atoms with Crippen molar-refractivity contribution in [3.8, 4) is 0 Å². The molecular weight excluding hydrogens is 310 g/mol. The van der Waals surface area contributed by atoms with Gasteiger partial charge in [-0.1, -0.05) is 0 Å². The van der Waals surface area contributed by atoms with Crippen LogP contribution in [0.5, 0.6) is 0 Å². The van der Waals surface area contributed by atoms with E-state index in [0.717, 1.165) is 0 Å². The number of amides is 3. The van der Waals surface area contributed by atoms with Crippen molar-refractivity contribution in [1.82, 2.24) is 4.90 Å². The van der Waals surface area contributed by atoms with Gasteiger partial charge in [-0.15, -0.1) is 0 Å². The molecule has 1 aromatic rings. The fourth-order valence-electron chi connectivity index (χ4n) is 2.75. The van der Waals surface area contributed by atoms with E-state index in [-0.39, 0.29) is 36.1 Å². The Balaban J connectivity index is 1.93. The van der Waals surface area contributed by atoms with Gasteiger partial charge in [0.2, 0.25) is 17.7 Å². The van der Waals surface area contributed by atoms with Crippen LogP contribution in [-0.4, -0.2) is 48.9 Å². The van der Waals surface area contributed by atoms with E-state index in [1.807, 2.05) is 6.92 Å². The van der Waals surface area contributed by atoms with E-state index < -0.39 is 0 Å². The van der Waals surface area contributed by atoms with E-state index in [1.165, 1.54) is 6.92 Å². The number of anilines is 2. The molecule has 1 aliphatic heterocycles. The van der Waals surface area contributed by atoms with Crippen LogP contribution in [0, 0.1) is 5.92 Å². The van der Waals surface area contributed by atoms with E-state index in [0.29, 0.717) is 24.5 Å². The van der Waals surface area contributed by atoms with Crippen LogP contribution < -0.4 is 10.6 Å². The number of carbonyl (C=O) groups is 3. The Morgan fingerprint density at radius 3 is 2.38 bits per heavy atom. The number of carbonyl (C=O) groups excluding carboxylic acids is 3. The van der Waals surface area contributed by atoms with Gasteiger partial charge in [-0.2, -0.15) is 0 Å². The molecular formula is C17H23N3O4. The smallest absolute Gasteiger partial charge is 0.229 e. The van der Waals surface area contributed by atoms with Crippen molar-refractivity contribution in [2.75, 3.05) is 30.9 Å². The van der Waals surface area contributed by atoms with Crippen LogP contribution in [0.15, 0.2) is 24.3 Å². The quantitative estimate of drug-likeness (QED) is 0.825. The molecule has 0 bridgehead atoms. The van der Waals surface area contributed by atoms with Gasteiger partial charge in [0.05, 0.1) is 18.6 Å². The largest absolute Gasteiger partial charge is 0.383 e. The molecule has 0 spiro atoms. The van der Waals surface area contributed by atoms with E-state index in [4.69, 9.17) is 4.74 Å². The molecule has 1 aliphatic rings. The molecule has 1 fully saturated rings. The average molecular weight is 333 g/mol. The number of hydrogen-bond acceptors (Lipinski definition) is 4. The molecule has 0 aliphatic carbocycles. The molecule has 2 rings (SSSR count). The van der Waals surface area contributed by atoms with Gasteiger partial charge in [0, 0.05) is 38.4 Å². The van der Waals surface area contributed by atoms with Crippen LogP contribution in [-0.2, 0) is 19.1 Å². The summed E-state index contributed by atoms with van der Waals surface area (Å²) < 4.78 is 5.07. The molecule has 1 saturated heterocycles. The second kappa shape index (κ2) is 7.92. The summed E-state index contributed by atoms with van der Waals surface area (Å²) in [5.74, 6) is -0.725. The highest BCUT2D eigenvalue weighted by Crippen LogP contribution is 2.22. The third-order valence-electron chi connectivity index (χ3n) is 3.94. The fraction of sp³-hybridized carbons (Fsp3) is 0.471. The maximum absolute atomic E-state index is 12.4. The number of hydrogen-bond donors (Lipinski definition) is 2. The third kappa shape index (κ3) is 4.55. The predicted molar refractivity (Wildman–Crippen MR) is 90.5 cm³/mol. The van der Waals surface area contributed by atoms with E-state index >= 15 is 0 Å². The van der Waals surface area contributed by atoms with Crippen molar-refractivity contribution >= 4 is 29.1 Å². The summed E-state index contributed by atoms with van der Waals surface area (Å²) in [6, 6.07) is 6.81. The first-order valence-electron chi connectivity index (χ1n) is 7.87. The van der Waals surface area contributed by atoms with Crippen molar-refractivity contribution in [2.45, 2.75) is 26.3 Å². The van der Waals surface area contributed by atoms with E-state index in [2.05, 4.69) is 10.6 Å². The van der Waals surface area contributed by atoms with Crippen molar-refractivity contribution in [2.24, 2.45) is 5.92 Å². The maximum Gasteiger partial charge on any atom is 0.229 e. The topological polar surface area (TPSA) is 87.7 Å². The molecule has 7 heteroatoms. The molecule has 3 amide bonds. The lowest BCUT2D eigenvalue weighted by Gasteiger charge is -2.23. The second-order valence-electron chi connectivity index (χ2n) is 6.00. The van der Waals surface area contributed by atoms with Crippen LogP contribution in [0.4, 0.5) is 11.4 Å². The Labute approximate surface area is 141 Å². The lowest BCUT2D eigenvalue weighted by Crippen LogP contribution is -2.38. The lowest BCUT2D eigenvalue weighted by atomic mass is 10.1. The number of rotatable bonds is 6. The molecule has 1 aromatic carbocycles. The Morgan fingerprint density at radius 1 is 1.25 bits per heavy atom. The molecule has 130 valence electrons. The minimum absolute atomic E-state index is 0.0271. The first-order chi connectivity index (χ1) is 11.4. The highest BCUT2D eigenvalue weighted by atomic mass is 16.5. The minimum atomic E-state index is -0.369. The molecule has 2 atom stereocenters. The van der Waals surface area contributed by atoms with Gasteiger partial charge in [-0.3, -0.25) is 14.4 Å². The van der Waals surface area contributed by atoms with Crippen molar-refractivity contribution in [1.29, 1.82) is 0 Å². The summed E-state index contributed by atoms with van der Waals surface area (Å²) in [5.41, 5.74) is 1.29. The van der Waals surface area contributed by atoms with Crippen molar-refractivity contribution in [3.63, 3.8) is 0 Å². The standard InChI is InChI=1S/C17H23N3O4/c1-11(10-24-3)20-9-13(8-16(20)22)17(23)19-15-6-4-14(5-7-15)18-12(2)21/h4-7,11,13H,8-10H2,1-3H3,(H,18,21)(H,19,23)/t11-,13+/m0/s1. The zero-order chi connectivity index (χ0) is 17.7. The van der Waals surface area contributed by atoms with Crippen molar-refractivity contribution < 1.29 is 19.1 Å². The monoisotopic (exact) mass is 333 g/mol. The number of methoxy groups -OCH3 is 1. The fourth-order valence-corrected chi connectivity index (χ4v) is 2.75. The number of likely N-dealkylation sites (tertiary alicyclic amines) is 1. The Kier molecular flexibility index (Phi) is 5.92. The van der Waals surface area contributed by atoms with E-state index in [9.17, 15) is 14.4 Å². The third-order valence-corrected chi connectivity index (χ3v) is 3.94. The molecule has 0 saturated carbocycles. The van der Waals surface area contributed by atoms with Gasteiger partial charge in [0.1, 0.15) is 0 Å². The summed E-state index contributed by atoms with van der Waals surface area (Å²) in [6.45, 7) is 4.19. The van der Waals surface area contributed by atoms with Gasteiger partial charge in [-0.05, 0) is 31.2 Å². The molecule has 0 aromatic heterocycles. The zero-order valence-corrected chi connectivity index (χ0v) is 14.2. The number of ether oxygens (including phenoxy) is 1. The molecule has 1 heterocycles. The number of nitrogens with one attached hydrogen (secondary N) is 2. The Hall–Kier alpha value is -2.41. The maximum atomic E-state index is 12.4. The summed E-state index contributed by atoms with van der Waals surface area (Å²) in [6.07, 6.45) is 0.212. The lowest BCUT2D eigenvalue weighted by molar-refractivity contribution is -0.130. The molecule has 0 unspecified atom stereocenters. The Morgan fingerprint density at radius 2 is 1.83 bits per heavy atom. The van der Waals surface area contributed by atoms with Crippen LogP contribution in [0.2, 0.25) is 0 Å². The minimum Gasteiger partial charge on any atom is -0.383 e. The van der Waals surface area contributed by atoms with Crippen LogP contribution >= 0.6 is 0 Å². The van der Waals surface area contributed by atoms with Crippen molar-refractivity contribution in [3.05, 3.63) is 24.3 Å². The average Bonchev–Trinajstić information content (AvgIpc) is 2.91. The first-order valence-corrected chi connectivity index (χ1v) is 7.87. The molecule has 2 N–H and O–H groups in total. The SMILES string of the molecule is COC[C@H](C)N1C[C@H](C(=O)Nc2ccc(NC(C)=O)cc2)CC1=O. The highest BCUT2D eigenvalue weighted by Gasteiger charge is 2.36. The highest BCUT2D eigenvalue weighted by molar-refractivity contribution is 5.97. The second-order valence-corrected chi connectivity index (χ2v) is 6.00. The summed E-state index contributed by atoms with van der Waals surface area (Å²) in [5, 5.41) is 5.48. The first kappa shape index (κ1) is 17.9. The van der Waals surface area contributed by atoms with E-state index in [1.54, 1.807) is 36.3 Å². The van der Waals surface area contributed by atoms with Gasteiger partial charge in [0.25, 0.3) is 0 Å². The summed E-state index contributed by atoms with van der Waals surface area (Å²) in [4.78, 5) is 37.1. The Bertz CT molecular complexity index is 615. The van der Waals surface area contributed by atoms with Crippen LogP contribution in [0.1, 0.15) is 20.3 Å². The van der Waals surface area contributed by atoms with Gasteiger partial charge in [-0.25, -0.2) is 0 Å². The molecule has 0 radical (unpaired) electrons. The zero-order valence-electron chi connectivity index (χ0n) is 14.2. The molecule has 24 heavy (non-hydrogen) atoms. The van der Waals surface area contributed by atoms with Gasteiger partial charge in [0.15, 0.2) is 0 Å². The number of nitrogens with zero attached hydrogens (tertiary/aromatic N) is 1. The van der Waals surface area contributed by atoms with Gasteiger partial charge < -0.3 is 20.3 Å². The summed E-state index contributed by atoms with van der Waals surface area (Å²) in [7, 11) is 1.59. The normalized spacial score (nSPS) is 18.4. The van der Waals surface area contributed by atoms with Crippen LogP contribution in [0.3, 0.4) is 0 Å². The van der Waals surface area contributed by atoms with Gasteiger partial charge >= 0.3 is 0 Å². The van der Waals surface area contributed by atoms with Crippen LogP contribution in [0.25, 0.3) is 0 Å². The predicted octanol–water partition coefficient (Wildman–Crippen LogP) is 1.47.